The minimum absolute atomic E-state index is 0.0633. The molecular weight excluding hydrogens is 312 g/mol. The number of para-hydroxylation sites is 2. The van der Waals surface area contributed by atoms with E-state index in [1.54, 1.807) is 4.68 Å². The standard InChI is InChI=1S/C18H17ClN2O2/c1-13-16(12-23-17-10-6-5-7-14(17)11-22)18(19)21(20-13)15-8-3-2-4-9-15/h2-10,22H,11-12H2,1H3. The van der Waals surface area contributed by atoms with Crippen LogP contribution in [0.5, 0.6) is 5.75 Å². The number of aromatic nitrogens is 2. The summed E-state index contributed by atoms with van der Waals surface area (Å²) in [5.74, 6) is 0.651. The first kappa shape index (κ1) is 15.6. The molecule has 2 aromatic carbocycles. The van der Waals surface area contributed by atoms with Crippen LogP contribution in [0.2, 0.25) is 5.15 Å². The van der Waals surface area contributed by atoms with Crippen LogP contribution in [-0.2, 0) is 13.2 Å². The molecule has 0 amide bonds. The van der Waals surface area contributed by atoms with E-state index < -0.39 is 0 Å². The van der Waals surface area contributed by atoms with Gasteiger partial charge in [0.15, 0.2) is 0 Å². The smallest absolute Gasteiger partial charge is 0.139 e. The van der Waals surface area contributed by atoms with Gasteiger partial charge < -0.3 is 9.84 Å². The Kier molecular flexibility index (Phi) is 4.65. The van der Waals surface area contributed by atoms with Gasteiger partial charge in [-0.25, -0.2) is 4.68 Å². The van der Waals surface area contributed by atoms with E-state index in [-0.39, 0.29) is 6.61 Å². The SMILES string of the molecule is Cc1nn(-c2ccccc2)c(Cl)c1COc1ccccc1CO. The van der Waals surface area contributed by atoms with E-state index in [1.807, 2.05) is 61.5 Å². The Hall–Kier alpha value is -2.30. The number of nitrogens with zero attached hydrogens (tertiary/aromatic N) is 2. The first-order valence-corrected chi connectivity index (χ1v) is 7.69. The van der Waals surface area contributed by atoms with Crippen molar-refractivity contribution in [1.82, 2.24) is 9.78 Å². The normalized spacial score (nSPS) is 10.7. The molecule has 3 aromatic rings. The predicted octanol–water partition coefficient (Wildman–Crippen LogP) is 3.91. The summed E-state index contributed by atoms with van der Waals surface area (Å²) in [5.41, 5.74) is 3.31. The van der Waals surface area contributed by atoms with Crippen molar-refractivity contribution in [2.24, 2.45) is 0 Å². The van der Waals surface area contributed by atoms with Crippen LogP contribution >= 0.6 is 11.6 Å². The summed E-state index contributed by atoms with van der Waals surface area (Å²) in [4.78, 5) is 0. The summed E-state index contributed by atoms with van der Waals surface area (Å²) in [6.07, 6.45) is 0. The van der Waals surface area contributed by atoms with E-state index in [2.05, 4.69) is 5.10 Å². The van der Waals surface area contributed by atoms with E-state index >= 15 is 0 Å². The molecular formula is C18H17ClN2O2. The summed E-state index contributed by atoms with van der Waals surface area (Å²) in [5, 5.41) is 14.4. The average Bonchev–Trinajstić information content (AvgIpc) is 2.88. The predicted molar refractivity (Wildman–Crippen MR) is 90.0 cm³/mol. The lowest BCUT2D eigenvalue weighted by molar-refractivity contribution is 0.259. The number of aliphatic hydroxyl groups is 1. The lowest BCUT2D eigenvalue weighted by atomic mass is 10.2. The molecule has 1 aromatic heterocycles. The monoisotopic (exact) mass is 328 g/mol. The zero-order valence-corrected chi connectivity index (χ0v) is 13.5. The van der Waals surface area contributed by atoms with Crippen molar-refractivity contribution < 1.29 is 9.84 Å². The lowest BCUT2D eigenvalue weighted by Gasteiger charge is -2.10. The van der Waals surface area contributed by atoms with Crippen LogP contribution in [0.15, 0.2) is 54.6 Å². The van der Waals surface area contributed by atoms with E-state index in [1.165, 1.54) is 0 Å². The van der Waals surface area contributed by atoms with Crippen molar-refractivity contribution >= 4 is 11.6 Å². The third-order valence-electron chi connectivity index (χ3n) is 3.64. The van der Waals surface area contributed by atoms with Crippen molar-refractivity contribution in [2.75, 3.05) is 0 Å². The molecule has 5 heteroatoms. The quantitative estimate of drug-likeness (QED) is 0.772. The third kappa shape index (κ3) is 3.23. The van der Waals surface area contributed by atoms with Crippen LogP contribution in [-0.4, -0.2) is 14.9 Å². The largest absolute Gasteiger partial charge is 0.488 e. The van der Waals surface area contributed by atoms with Crippen LogP contribution in [0.1, 0.15) is 16.8 Å². The van der Waals surface area contributed by atoms with Crippen molar-refractivity contribution in [3.05, 3.63) is 76.6 Å². The fraction of sp³-hybridized carbons (Fsp3) is 0.167. The summed E-state index contributed by atoms with van der Waals surface area (Å²) in [6, 6.07) is 17.1. The van der Waals surface area contributed by atoms with Crippen LogP contribution in [0.4, 0.5) is 0 Å². The number of ether oxygens (including phenoxy) is 1. The van der Waals surface area contributed by atoms with E-state index in [9.17, 15) is 5.11 Å². The maximum absolute atomic E-state index is 9.36. The fourth-order valence-electron chi connectivity index (χ4n) is 2.36. The van der Waals surface area contributed by atoms with Crippen LogP contribution in [0, 0.1) is 6.92 Å². The fourth-order valence-corrected chi connectivity index (χ4v) is 2.69. The van der Waals surface area contributed by atoms with Gasteiger partial charge in [-0.2, -0.15) is 5.10 Å². The zero-order valence-electron chi connectivity index (χ0n) is 12.7. The Labute approximate surface area is 139 Å². The molecule has 23 heavy (non-hydrogen) atoms. The molecule has 0 unspecified atom stereocenters. The van der Waals surface area contributed by atoms with Gasteiger partial charge in [-0.15, -0.1) is 0 Å². The molecule has 0 fully saturated rings. The third-order valence-corrected chi connectivity index (χ3v) is 4.03. The molecule has 0 spiro atoms. The second-order valence-electron chi connectivity index (χ2n) is 5.16. The van der Waals surface area contributed by atoms with Crippen molar-refractivity contribution in [3.8, 4) is 11.4 Å². The highest BCUT2D eigenvalue weighted by atomic mass is 35.5. The van der Waals surface area contributed by atoms with Gasteiger partial charge in [0.1, 0.15) is 17.5 Å². The Morgan fingerprint density at radius 1 is 1.09 bits per heavy atom. The minimum atomic E-state index is -0.0633. The highest BCUT2D eigenvalue weighted by Crippen LogP contribution is 2.26. The Morgan fingerprint density at radius 3 is 2.52 bits per heavy atom. The van der Waals surface area contributed by atoms with Crippen LogP contribution in [0.3, 0.4) is 0 Å². The average molecular weight is 329 g/mol. The molecule has 0 saturated carbocycles. The molecule has 0 atom stereocenters. The van der Waals surface area contributed by atoms with E-state index in [0.29, 0.717) is 17.5 Å². The molecule has 1 N–H and O–H groups in total. The maximum atomic E-state index is 9.36. The molecule has 0 aliphatic rings. The Bertz CT molecular complexity index is 800. The maximum Gasteiger partial charge on any atom is 0.139 e. The molecule has 0 radical (unpaired) electrons. The van der Waals surface area contributed by atoms with Crippen molar-refractivity contribution in [1.29, 1.82) is 0 Å². The summed E-state index contributed by atoms with van der Waals surface area (Å²) < 4.78 is 7.53. The van der Waals surface area contributed by atoms with Crippen molar-refractivity contribution in [3.63, 3.8) is 0 Å². The lowest BCUT2D eigenvalue weighted by Crippen LogP contribution is -2.00. The van der Waals surface area contributed by atoms with Gasteiger partial charge in [-0.05, 0) is 25.1 Å². The van der Waals surface area contributed by atoms with Crippen LogP contribution in [0.25, 0.3) is 5.69 Å². The van der Waals surface area contributed by atoms with Crippen molar-refractivity contribution in [2.45, 2.75) is 20.1 Å². The number of hydrogen-bond acceptors (Lipinski definition) is 3. The van der Waals surface area contributed by atoms with Gasteiger partial charge >= 0.3 is 0 Å². The number of halogens is 1. The molecule has 0 aliphatic heterocycles. The molecule has 0 saturated heterocycles. The molecule has 1 heterocycles. The van der Waals surface area contributed by atoms with E-state index in [0.717, 1.165) is 22.5 Å². The van der Waals surface area contributed by atoms with Gasteiger partial charge in [0, 0.05) is 11.1 Å². The highest BCUT2D eigenvalue weighted by molar-refractivity contribution is 6.30. The second-order valence-corrected chi connectivity index (χ2v) is 5.51. The topological polar surface area (TPSA) is 47.3 Å². The first-order valence-electron chi connectivity index (χ1n) is 7.31. The Balaban J connectivity index is 1.85. The zero-order chi connectivity index (χ0) is 16.2. The van der Waals surface area contributed by atoms with Gasteiger partial charge in [0.2, 0.25) is 0 Å². The van der Waals surface area contributed by atoms with Gasteiger partial charge in [0.25, 0.3) is 0 Å². The number of rotatable bonds is 5. The van der Waals surface area contributed by atoms with Gasteiger partial charge in [-0.3, -0.25) is 0 Å². The molecule has 4 nitrogen and oxygen atoms in total. The molecule has 3 rings (SSSR count). The number of benzene rings is 2. The molecule has 0 aliphatic carbocycles. The van der Waals surface area contributed by atoms with Gasteiger partial charge in [-0.1, -0.05) is 48.0 Å². The van der Waals surface area contributed by atoms with Crippen LogP contribution < -0.4 is 4.74 Å². The van der Waals surface area contributed by atoms with Gasteiger partial charge in [0.05, 0.1) is 18.0 Å². The second kappa shape index (κ2) is 6.86. The number of aryl methyl sites for hydroxylation is 1. The first-order chi connectivity index (χ1) is 11.2. The number of aliphatic hydroxyl groups excluding tert-OH is 1. The summed E-state index contributed by atoms with van der Waals surface area (Å²) >= 11 is 6.48. The summed E-state index contributed by atoms with van der Waals surface area (Å²) in [6.45, 7) is 2.14. The molecule has 0 bridgehead atoms. The highest BCUT2D eigenvalue weighted by Gasteiger charge is 2.15. The minimum Gasteiger partial charge on any atom is -0.488 e. The summed E-state index contributed by atoms with van der Waals surface area (Å²) in [7, 11) is 0. The van der Waals surface area contributed by atoms with E-state index in [4.69, 9.17) is 16.3 Å². The number of hydrogen-bond donors (Lipinski definition) is 1. The molecule has 118 valence electrons. The Morgan fingerprint density at radius 2 is 1.78 bits per heavy atom.